The maximum Gasteiger partial charge on any atom is 0.108 e. The Hall–Kier alpha value is -0.110. The van der Waals surface area contributed by atoms with Crippen LogP contribution in [0.25, 0.3) is 0 Å². The van der Waals surface area contributed by atoms with Crippen molar-refractivity contribution < 1.29 is 0 Å². The van der Waals surface area contributed by atoms with Gasteiger partial charge in [-0.1, -0.05) is 22.0 Å². The van der Waals surface area contributed by atoms with Gasteiger partial charge in [-0.3, -0.25) is 4.99 Å². The van der Waals surface area contributed by atoms with Gasteiger partial charge in [0, 0.05) is 6.21 Å². The largest absolute Gasteiger partial charge is 0.278 e. The van der Waals surface area contributed by atoms with E-state index in [-0.39, 0.29) is 0 Å². The van der Waals surface area contributed by atoms with Crippen LogP contribution in [-0.2, 0) is 0 Å². The Bertz CT molecular complexity index is 107. The Balaban J connectivity index is 2.49. The average Bonchev–Trinajstić information content (AvgIpc) is 1.69. The molecule has 0 aromatic rings. The Morgan fingerprint density at radius 1 is 1.71 bits per heavy atom. The summed E-state index contributed by atoms with van der Waals surface area (Å²) in [5, 5.41) is 0. The van der Waals surface area contributed by atoms with Gasteiger partial charge in [0.15, 0.2) is 0 Å². The fraction of sp³-hybridized carbons (Fsp3) is 0.400. The lowest BCUT2D eigenvalue weighted by Crippen LogP contribution is -1.93. The van der Waals surface area contributed by atoms with Crippen molar-refractivity contribution in [3.05, 3.63) is 12.2 Å². The maximum atomic E-state index is 4.03. The highest BCUT2D eigenvalue weighted by Crippen LogP contribution is 2.08. The van der Waals surface area contributed by atoms with Gasteiger partial charge < -0.3 is 0 Å². The molecule has 1 heterocycles. The lowest BCUT2D eigenvalue weighted by Gasteiger charge is -2.00. The van der Waals surface area contributed by atoms with E-state index >= 15 is 0 Å². The summed E-state index contributed by atoms with van der Waals surface area (Å²) in [6, 6.07) is 0. The Labute approximate surface area is 51.3 Å². The molecule has 0 radical (unpaired) electrons. The van der Waals surface area contributed by atoms with Crippen molar-refractivity contribution in [2.75, 3.05) is 0 Å². The lowest BCUT2D eigenvalue weighted by atomic mass is 10.3. The second-order valence-electron chi connectivity index (χ2n) is 1.40. The van der Waals surface area contributed by atoms with Crippen LogP contribution in [0, 0.1) is 0 Å². The molecule has 7 heavy (non-hydrogen) atoms. The molecule has 1 nitrogen and oxygen atoms in total. The molecule has 0 saturated heterocycles. The third-order valence-corrected chi connectivity index (χ3v) is 1.41. The number of allylic oxidation sites excluding steroid dienone is 1. The zero-order valence-electron chi connectivity index (χ0n) is 3.84. The molecule has 1 atom stereocenters. The number of alkyl halides is 1. The monoisotopic (exact) mass is 159 g/mol. The fourth-order valence-electron chi connectivity index (χ4n) is 0.456. The molecule has 1 aliphatic rings. The van der Waals surface area contributed by atoms with Gasteiger partial charge in [-0.25, -0.2) is 0 Å². The summed E-state index contributed by atoms with van der Waals surface area (Å²) in [6.07, 6.45) is 6.88. The molecule has 1 aliphatic heterocycles. The van der Waals surface area contributed by atoms with E-state index in [4.69, 9.17) is 0 Å². The van der Waals surface area contributed by atoms with Crippen molar-refractivity contribution >= 4 is 22.1 Å². The smallest absolute Gasteiger partial charge is 0.108 e. The van der Waals surface area contributed by atoms with Crippen molar-refractivity contribution in [3.63, 3.8) is 0 Å². The molecule has 0 saturated carbocycles. The first-order valence-corrected chi connectivity index (χ1v) is 3.13. The van der Waals surface area contributed by atoms with Crippen LogP contribution < -0.4 is 0 Å². The number of aliphatic imine (C=N–C) groups is 1. The first kappa shape index (κ1) is 5.04. The molecule has 0 N–H and O–H groups in total. The third kappa shape index (κ3) is 1.43. The zero-order valence-corrected chi connectivity index (χ0v) is 5.43. The molecule has 1 unspecified atom stereocenters. The number of rotatable bonds is 0. The quantitative estimate of drug-likeness (QED) is 0.378. The van der Waals surface area contributed by atoms with E-state index in [9.17, 15) is 0 Å². The summed E-state index contributed by atoms with van der Waals surface area (Å²) >= 11 is 3.34. The number of halogens is 1. The maximum absolute atomic E-state index is 4.03. The summed E-state index contributed by atoms with van der Waals surface area (Å²) in [6.45, 7) is 0. The molecule has 0 aromatic heterocycles. The molecule has 0 amide bonds. The van der Waals surface area contributed by atoms with Gasteiger partial charge in [0.2, 0.25) is 0 Å². The summed E-state index contributed by atoms with van der Waals surface area (Å²) in [5.74, 6) is 0. The summed E-state index contributed by atoms with van der Waals surface area (Å²) in [5.41, 5.74) is 0. The number of hydrogen-bond acceptors (Lipinski definition) is 1. The third-order valence-electron chi connectivity index (χ3n) is 0.801. The minimum Gasteiger partial charge on any atom is -0.278 e. The summed E-state index contributed by atoms with van der Waals surface area (Å²) in [7, 11) is 0. The fourth-order valence-corrected chi connectivity index (χ4v) is 0.808. The Morgan fingerprint density at radius 3 is 2.86 bits per heavy atom. The van der Waals surface area contributed by atoms with Crippen molar-refractivity contribution in [2.24, 2.45) is 4.99 Å². The van der Waals surface area contributed by atoms with Gasteiger partial charge in [-0.2, -0.15) is 0 Å². The van der Waals surface area contributed by atoms with Crippen molar-refractivity contribution in [1.29, 1.82) is 0 Å². The van der Waals surface area contributed by atoms with Crippen LogP contribution in [0.4, 0.5) is 0 Å². The van der Waals surface area contributed by atoms with Crippen LogP contribution in [0.3, 0.4) is 0 Å². The van der Waals surface area contributed by atoms with Crippen LogP contribution >= 0.6 is 15.9 Å². The average molecular weight is 160 g/mol. The first-order valence-electron chi connectivity index (χ1n) is 2.22. The predicted octanol–water partition coefficient (Wildman–Crippen LogP) is 1.74. The first-order chi connectivity index (χ1) is 3.39. The van der Waals surface area contributed by atoms with E-state index in [0.29, 0.717) is 4.95 Å². The molecule has 2 heteroatoms. The van der Waals surface area contributed by atoms with E-state index in [2.05, 4.69) is 27.0 Å². The summed E-state index contributed by atoms with van der Waals surface area (Å²) < 4.78 is 0. The van der Waals surface area contributed by atoms with Crippen LogP contribution in [0.5, 0.6) is 0 Å². The Kier molecular flexibility index (Phi) is 1.63. The number of nitrogens with zero attached hydrogens (tertiary/aromatic N) is 1. The molecule has 38 valence electrons. The SMILES string of the molecule is BrC1CC=CC=N1. The minimum absolute atomic E-state index is 0.331. The second-order valence-corrected chi connectivity index (χ2v) is 2.45. The highest BCUT2D eigenvalue weighted by molar-refractivity contribution is 9.09. The highest BCUT2D eigenvalue weighted by Gasteiger charge is 1.96. The van der Waals surface area contributed by atoms with E-state index in [0.717, 1.165) is 6.42 Å². The molecule has 0 spiro atoms. The van der Waals surface area contributed by atoms with Crippen LogP contribution in [0.1, 0.15) is 6.42 Å². The standard InChI is InChI=1S/C5H6BrN/c6-5-3-1-2-4-7-5/h1-2,4-5H,3H2. The van der Waals surface area contributed by atoms with E-state index in [1.165, 1.54) is 0 Å². The van der Waals surface area contributed by atoms with E-state index in [1.54, 1.807) is 0 Å². The number of hydrogen-bond donors (Lipinski definition) is 0. The summed E-state index contributed by atoms with van der Waals surface area (Å²) in [4.78, 5) is 4.37. The van der Waals surface area contributed by atoms with Gasteiger partial charge in [0.25, 0.3) is 0 Å². The molecular weight excluding hydrogens is 154 g/mol. The molecule has 0 bridgehead atoms. The second kappa shape index (κ2) is 2.26. The van der Waals surface area contributed by atoms with E-state index in [1.807, 2.05) is 12.3 Å². The van der Waals surface area contributed by atoms with Gasteiger partial charge in [-0.05, 0) is 12.5 Å². The zero-order chi connectivity index (χ0) is 5.11. The minimum atomic E-state index is 0.331. The predicted molar refractivity (Wildman–Crippen MR) is 35.0 cm³/mol. The normalized spacial score (nSPS) is 28.4. The van der Waals surface area contributed by atoms with Crippen LogP contribution in [0.2, 0.25) is 0 Å². The molecule has 0 fully saturated rings. The molecule has 0 aliphatic carbocycles. The highest BCUT2D eigenvalue weighted by atomic mass is 79.9. The van der Waals surface area contributed by atoms with Crippen molar-refractivity contribution in [3.8, 4) is 0 Å². The van der Waals surface area contributed by atoms with Gasteiger partial charge in [0.05, 0.1) is 0 Å². The lowest BCUT2D eigenvalue weighted by molar-refractivity contribution is 0.948. The molecule has 1 rings (SSSR count). The van der Waals surface area contributed by atoms with Crippen molar-refractivity contribution in [2.45, 2.75) is 11.4 Å². The van der Waals surface area contributed by atoms with E-state index < -0.39 is 0 Å². The Morgan fingerprint density at radius 2 is 2.57 bits per heavy atom. The van der Waals surface area contributed by atoms with Crippen LogP contribution in [0.15, 0.2) is 17.1 Å². The number of dihydropyridines is 1. The van der Waals surface area contributed by atoms with Gasteiger partial charge in [-0.15, -0.1) is 0 Å². The van der Waals surface area contributed by atoms with Gasteiger partial charge >= 0.3 is 0 Å². The van der Waals surface area contributed by atoms with Gasteiger partial charge in [0.1, 0.15) is 4.95 Å². The molecular formula is C5H6BrN. The topological polar surface area (TPSA) is 12.4 Å². The van der Waals surface area contributed by atoms with Crippen LogP contribution in [-0.4, -0.2) is 11.2 Å². The molecule has 0 aromatic carbocycles. The van der Waals surface area contributed by atoms with Crippen molar-refractivity contribution in [1.82, 2.24) is 0 Å².